The molecule has 1 aliphatic rings. The van der Waals surface area contributed by atoms with Crippen LogP contribution in [0.1, 0.15) is 56.5 Å². The Morgan fingerprint density at radius 3 is 2.81 bits per heavy atom. The molecule has 0 radical (unpaired) electrons. The highest BCUT2D eigenvalue weighted by Crippen LogP contribution is 2.32. The first-order valence-corrected chi connectivity index (χ1v) is 9.77. The summed E-state index contributed by atoms with van der Waals surface area (Å²) in [5, 5.41) is 7.35. The normalized spacial score (nSPS) is 18.2. The lowest BCUT2D eigenvalue weighted by molar-refractivity contribution is -0.137. The van der Waals surface area contributed by atoms with Crippen molar-refractivity contribution in [1.29, 1.82) is 0 Å². The summed E-state index contributed by atoms with van der Waals surface area (Å²) in [5.74, 6) is 1.39. The summed E-state index contributed by atoms with van der Waals surface area (Å²) in [6, 6.07) is 8.17. The summed E-state index contributed by atoms with van der Waals surface area (Å²) in [6.07, 6.45) is 2.03. The fourth-order valence-electron chi connectivity index (χ4n) is 4.10. The summed E-state index contributed by atoms with van der Waals surface area (Å²) < 4.78 is 2.70. The molecule has 1 atom stereocenters. The van der Waals surface area contributed by atoms with E-state index in [-0.39, 0.29) is 11.8 Å². The molecule has 2 heterocycles. The molecular formula is C20H28N4OS. The Hall–Kier alpha value is -1.95. The summed E-state index contributed by atoms with van der Waals surface area (Å²) in [6.45, 7) is 10.5. The van der Waals surface area contributed by atoms with Crippen molar-refractivity contribution in [1.82, 2.24) is 19.7 Å². The number of rotatable bonds is 4. The van der Waals surface area contributed by atoms with Gasteiger partial charge in [-0.1, -0.05) is 24.3 Å². The molecule has 0 bridgehead atoms. The van der Waals surface area contributed by atoms with E-state index in [0.717, 1.165) is 42.9 Å². The molecule has 0 spiro atoms. The molecule has 0 unspecified atom stereocenters. The number of aromatic amines is 1. The lowest BCUT2D eigenvalue weighted by atomic mass is 9.80. The molecule has 3 rings (SSSR count). The number of hydrogen-bond donors (Lipinski definition) is 1. The third-order valence-corrected chi connectivity index (χ3v) is 5.84. The number of carbonyl (C=O) groups excluding carboxylic acids is 1. The van der Waals surface area contributed by atoms with Crippen LogP contribution in [0.25, 0.3) is 0 Å². The third kappa shape index (κ3) is 3.34. The zero-order valence-electron chi connectivity index (χ0n) is 16.1. The summed E-state index contributed by atoms with van der Waals surface area (Å²) in [7, 11) is 0. The number of carbonyl (C=O) groups is 1. The number of benzene rings is 1. The van der Waals surface area contributed by atoms with Gasteiger partial charge in [-0.25, -0.2) is 0 Å². The summed E-state index contributed by atoms with van der Waals surface area (Å²) in [5.41, 5.74) is 1.72. The molecular weight excluding hydrogens is 344 g/mol. The number of likely N-dealkylation sites (tertiary alicyclic amines) is 1. The maximum Gasteiger partial charge on any atom is 0.232 e. The van der Waals surface area contributed by atoms with Gasteiger partial charge < -0.3 is 9.47 Å². The average Bonchev–Trinajstić information content (AvgIpc) is 3.02. The molecule has 1 aromatic carbocycles. The maximum absolute atomic E-state index is 13.4. The quantitative estimate of drug-likeness (QED) is 0.827. The molecule has 1 aromatic heterocycles. The van der Waals surface area contributed by atoms with Crippen LogP contribution in [0.4, 0.5) is 0 Å². The van der Waals surface area contributed by atoms with E-state index >= 15 is 0 Å². The van der Waals surface area contributed by atoms with Gasteiger partial charge in [0.2, 0.25) is 5.91 Å². The van der Waals surface area contributed by atoms with Crippen LogP contribution < -0.4 is 0 Å². The molecule has 26 heavy (non-hydrogen) atoms. The SMILES string of the molecule is CCn1c([C@H]2CCCN(C(=O)C(C)(C)c3ccccc3C)C2)n[nH]c1=S. The molecule has 1 N–H and O–H groups in total. The number of aryl methyl sites for hydroxylation is 1. The van der Waals surface area contributed by atoms with Crippen LogP contribution >= 0.6 is 12.2 Å². The monoisotopic (exact) mass is 372 g/mol. The second-order valence-corrected chi connectivity index (χ2v) is 8.05. The molecule has 6 heteroatoms. The highest BCUT2D eigenvalue weighted by molar-refractivity contribution is 7.71. The van der Waals surface area contributed by atoms with E-state index in [1.807, 2.05) is 35.4 Å². The van der Waals surface area contributed by atoms with Gasteiger partial charge in [-0.15, -0.1) is 0 Å². The van der Waals surface area contributed by atoms with Crippen molar-refractivity contribution in [3.63, 3.8) is 0 Å². The predicted molar refractivity (Wildman–Crippen MR) is 106 cm³/mol. The highest BCUT2D eigenvalue weighted by Gasteiger charge is 2.37. The fraction of sp³-hybridized carbons (Fsp3) is 0.550. The number of H-pyrrole nitrogens is 1. The lowest BCUT2D eigenvalue weighted by Crippen LogP contribution is -2.48. The summed E-state index contributed by atoms with van der Waals surface area (Å²) >= 11 is 5.32. The maximum atomic E-state index is 13.4. The summed E-state index contributed by atoms with van der Waals surface area (Å²) in [4.78, 5) is 15.4. The van der Waals surface area contributed by atoms with Crippen LogP contribution in [0.15, 0.2) is 24.3 Å². The fourth-order valence-corrected chi connectivity index (χ4v) is 4.37. The molecule has 140 valence electrons. The van der Waals surface area contributed by atoms with Crippen LogP contribution in [0, 0.1) is 11.7 Å². The van der Waals surface area contributed by atoms with Crippen molar-refractivity contribution < 1.29 is 4.79 Å². The number of hydrogen-bond acceptors (Lipinski definition) is 3. The third-order valence-electron chi connectivity index (χ3n) is 5.53. The molecule has 5 nitrogen and oxygen atoms in total. The van der Waals surface area contributed by atoms with E-state index < -0.39 is 5.41 Å². The number of piperidine rings is 1. The number of amides is 1. The van der Waals surface area contributed by atoms with E-state index in [4.69, 9.17) is 12.2 Å². The smallest absolute Gasteiger partial charge is 0.232 e. The lowest BCUT2D eigenvalue weighted by Gasteiger charge is -2.38. The van der Waals surface area contributed by atoms with E-state index in [2.05, 4.69) is 36.2 Å². The first kappa shape index (κ1) is 18.8. The standard InChI is InChI=1S/C20H28N4OS/c1-5-24-17(21-22-19(24)26)15-10-8-12-23(13-15)18(25)20(3,4)16-11-7-6-9-14(16)2/h6-7,9,11,15H,5,8,10,12-13H2,1-4H3,(H,22,26)/t15-/m0/s1. The van der Waals surface area contributed by atoms with Gasteiger partial charge in [0.1, 0.15) is 5.82 Å². The van der Waals surface area contributed by atoms with Gasteiger partial charge in [-0.3, -0.25) is 9.89 Å². The number of nitrogens with one attached hydrogen (secondary N) is 1. The molecule has 1 saturated heterocycles. The van der Waals surface area contributed by atoms with E-state index in [1.165, 1.54) is 0 Å². The average molecular weight is 373 g/mol. The number of nitrogens with zero attached hydrogens (tertiary/aromatic N) is 3. The zero-order valence-corrected chi connectivity index (χ0v) is 16.9. The Bertz CT molecular complexity index is 851. The van der Waals surface area contributed by atoms with E-state index in [1.54, 1.807) is 0 Å². The molecule has 1 aliphatic heterocycles. The Morgan fingerprint density at radius 2 is 2.12 bits per heavy atom. The Balaban J connectivity index is 1.84. The van der Waals surface area contributed by atoms with Crippen molar-refractivity contribution in [2.45, 2.75) is 58.4 Å². The van der Waals surface area contributed by atoms with E-state index in [9.17, 15) is 4.79 Å². The second-order valence-electron chi connectivity index (χ2n) is 7.66. The minimum absolute atomic E-state index is 0.189. The van der Waals surface area contributed by atoms with Crippen molar-refractivity contribution in [2.75, 3.05) is 13.1 Å². The van der Waals surface area contributed by atoms with E-state index in [0.29, 0.717) is 11.3 Å². The van der Waals surface area contributed by atoms with Gasteiger partial charge in [-0.2, -0.15) is 5.10 Å². The first-order valence-electron chi connectivity index (χ1n) is 9.36. The van der Waals surface area contributed by atoms with Gasteiger partial charge >= 0.3 is 0 Å². The van der Waals surface area contributed by atoms with Crippen LogP contribution in [-0.2, 0) is 16.8 Å². The molecule has 0 aliphatic carbocycles. The van der Waals surface area contributed by atoms with Crippen molar-refractivity contribution >= 4 is 18.1 Å². The van der Waals surface area contributed by atoms with Gasteiger partial charge in [0.15, 0.2) is 4.77 Å². The second kappa shape index (κ2) is 7.35. The van der Waals surface area contributed by atoms with Crippen LogP contribution in [0.3, 0.4) is 0 Å². The predicted octanol–water partition coefficient (Wildman–Crippen LogP) is 3.95. The number of aromatic nitrogens is 3. The van der Waals surface area contributed by atoms with Gasteiger partial charge in [0, 0.05) is 25.6 Å². The van der Waals surface area contributed by atoms with Gasteiger partial charge in [-0.05, 0) is 63.9 Å². The Morgan fingerprint density at radius 1 is 1.38 bits per heavy atom. The van der Waals surface area contributed by atoms with Gasteiger partial charge in [0.25, 0.3) is 0 Å². The molecule has 1 amide bonds. The first-order chi connectivity index (χ1) is 12.4. The molecule has 2 aromatic rings. The van der Waals surface area contributed by atoms with Crippen molar-refractivity contribution in [2.24, 2.45) is 0 Å². The minimum Gasteiger partial charge on any atom is -0.341 e. The zero-order chi connectivity index (χ0) is 18.9. The molecule has 1 fully saturated rings. The minimum atomic E-state index is -0.539. The van der Waals surface area contributed by atoms with Crippen LogP contribution in [-0.4, -0.2) is 38.7 Å². The Kier molecular flexibility index (Phi) is 5.32. The van der Waals surface area contributed by atoms with Crippen LogP contribution in [0.2, 0.25) is 0 Å². The Labute approximate surface area is 160 Å². The van der Waals surface area contributed by atoms with Gasteiger partial charge in [0.05, 0.1) is 5.41 Å². The highest BCUT2D eigenvalue weighted by atomic mass is 32.1. The van der Waals surface area contributed by atoms with Crippen molar-refractivity contribution in [3.05, 3.63) is 46.0 Å². The van der Waals surface area contributed by atoms with Crippen molar-refractivity contribution in [3.8, 4) is 0 Å². The van der Waals surface area contributed by atoms with Crippen LogP contribution in [0.5, 0.6) is 0 Å². The molecule has 0 saturated carbocycles. The largest absolute Gasteiger partial charge is 0.341 e. The topological polar surface area (TPSA) is 53.9 Å².